The number of hydrogen-bond acceptors (Lipinski definition) is 3. The van der Waals surface area contributed by atoms with Crippen LogP contribution in [0.1, 0.15) is 24.0 Å². The fourth-order valence-electron chi connectivity index (χ4n) is 2.71. The summed E-state index contributed by atoms with van der Waals surface area (Å²) in [4.78, 5) is 22.9. The lowest BCUT2D eigenvalue weighted by molar-refractivity contribution is -0.119. The number of carbonyl (C=O) groups is 2. The van der Waals surface area contributed by atoms with Crippen LogP contribution in [0, 0.1) is 0 Å². The summed E-state index contributed by atoms with van der Waals surface area (Å²) < 4.78 is 0. The van der Waals surface area contributed by atoms with Crippen molar-refractivity contribution in [3.63, 3.8) is 0 Å². The summed E-state index contributed by atoms with van der Waals surface area (Å²) in [6.07, 6.45) is 0. The minimum atomic E-state index is -0.410. The number of thioether (sulfide) groups is 1. The number of nitrogens with one attached hydrogen (secondary N) is 1. The standard InChI is InChI=1S/C19H22N2O2S/c1-14(21-18(23)13-24-12-17(20)22)19(15-8-4-2-5-9-15)16-10-6-3-7-11-16/h2-11,14,19H,12-13H2,1H3,(H2,20,22)(H,21,23)/t14-/m1/s1. The second-order valence-electron chi connectivity index (χ2n) is 5.61. The predicted molar refractivity (Wildman–Crippen MR) is 98.9 cm³/mol. The van der Waals surface area contributed by atoms with Crippen LogP contribution in [0.4, 0.5) is 0 Å². The van der Waals surface area contributed by atoms with E-state index in [-0.39, 0.29) is 29.4 Å². The van der Waals surface area contributed by atoms with Gasteiger partial charge in [-0.15, -0.1) is 11.8 Å². The Morgan fingerprint density at radius 1 is 0.958 bits per heavy atom. The molecular formula is C19H22N2O2S. The SMILES string of the molecule is C[C@@H](NC(=O)CSCC(N)=O)C(c1ccccc1)c1ccccc1. The fraction of sp³-hybridized carbons (Fsp3) is 0.263. The first-order chi connectivity index (χ1) is 11.6. The smallest absolute Gasteiger partial charge is 0.230 e. The molecule has 0 aliphatic rings. The second-order valence-corrected chi connectivity index (χ2v) is 6.60. The maximum Gasteiger partial charge on any atom is 0.230 e. The van der Waals surface area contributed by atoms with Crippen molar-refractivity contribution in [2.24, 2.45) is 5.73 Å². The molecule has 0 aromatic heterocycles. The summed E-state index contributed by atoms with van der Waals surface area (Å²) in [6.45, 7) is 2.00. The van der Waals surface area contributed by atoms with Crippen molar-refractivity contribution in [1.29, 1.82) is 0 Å². The van der Waals surface area contributed by atoms with Crippen molar-refractivity contribution >= 4 is 23.6 Å². The number of rotatable bonds is 8. The molecule has 0 radical (unpaired) electrons. The van der Waals surface area contributed by atoms with E-state index in [9.17, 15) is 9.59 Å². The van der Waals surface area contributed by atoms with Crippen LogP contribution in [-0.2, 0) is 9.59 Å². The van der Waals surface area contributed by atoms with Gasteiger partial charge in [-0.3, -0.25) is 9.59 Å². The highest BCUT2D eigenvalue weighted by atomic mass is 32.2. The lowest BCUT2D eigenvalue weighted by Crippen LogP contribution is -2.38. The highest BCUT2D eigenvalue weighted by Crippen LogP contribution is 2.27. The highest BCUT2D eigenvalue weighted by molar-refractivity contribution is 8.00. The van der Waals surface area contributed by atoms with E-state index >= 15 is 0 Å². The Morgan fingerprint density at radius 2 is 1.46 bits per heavy atom. The van der Waals surface area contributed by atoms with Crippen LogP contribution < -0.4 is 11.1 Å². The quantitative estimate of drug-likeness (QED) is 0.774. The van der Waals surface area contributed by atoms with Gasteiger partial charge in [-0.25, -0.2) is 0 Å². The summed E-state index contributed by atoms with van der Waals surface area (Å²) in [5.74, 6) is -0.0537. The van der Waals surface area contributed by atoms with Gasteiger partial charge in [0.15, 0.2) is 0 Å². The molecule has 0 fully saturated rings. The molecule has 5 heteroatoms. The van der Waals surface area contributed by atoms with E-state index in [1.165, 1.54) is 11.8 Å². The van der Waals surface area contributed by atoms with Crippen LogP contribution in [0.2, 0.25) is 0 Å². The molecule has 0 spiro atoms. The van der Waals surface area contributed by atoms with Crippen molar-refractivity contribution < 1.29 is 9.59 Å². The molecule has 2 amide bonds. The van der Waals surface area contributed by atoms with Gasteiger partial charge < -0.3 is 11.1 Å². The molecule has 4 nitrogen and oxygen atoms in total. The minimum Gasteiger partial charge on any atom is -0.369 e. The maximum absolute atomic E-state index is 12.1. The van der Waals surface area contributed by atoms with E-state index in [0.717, 1.165) is 11.1 Å². The number of amides is 2. The fourth-order valence-corrected chi connectivity index (χ4v) is 3.29. The Morgan fingerprint density at radius 3 is 1.92 bits per heavy atom. The third-order valence-electron chi connectivity index (χ3n) is 3.68. The van der Waals surface area contributed by atoms with Gasteiger partial charge in [0, 0.05) is 12.0 Å². The zero-order valence-electron chi connectivity index (χ0n) is 13.6. The molecule has 0 aliphatic heterocycles. The van der Waals surface area contributed by atoms with Crippen LogP contribution in [-0.4, -0.2) is 29.4 Å². The number of carbonyl (C=O) groups excluding carboxylic acids is 2. The third kappa shape index (κ3) is 5.42. The summed E-state index contributed by atoms with van der Waals surface area (Å²) in [5.41, 5.74) is 7.40. The van der Waals surface area contributed by atoms with Gasteiger partial charge in [0.25, 0.3) is 0 Å². The third-order valence-corrected chi connectivity index (χ3v) is 4.64. The number of hydrogen-bond donors (Lipinski definition) is 2. The molecule has 2 rings (SSSR count). The van der Waals surface area contributed by atoms with Crippen LogP contribution in [0.3, 0.4) is 0 Å². The molecule has 2 aromatic carbocycles. The Kier molecular flexibility index (Phi) is 6.88. The first kappa shape index (κ1) is 18.1. The topological polar surface area (TPSA) is 72.2 Å². The molecule has 0 unspecified atom stereocenters. The first-order valence-electron chi connectivity index (χ1n) is 7.83. The van der Waals surface area contributed by atoms with E-state index in [0.29, 0.717) is 0 Å². The van der Waals surface area contributed by atoms with Gasteiger partial charge in [0.1, 0.15) is 0 Å². The van der Waals surface area contributed by atoms with E-state index in [1.54, 1.807) is 0 Å². The minimum absolute atomic E-state index is 0.0671. The molecule has 126 valence electrons. The van der Waals surface area contributed by atoms with Gasteiger partial charge in [0.2, 0.25) is 11.8 Å². The highest BCUT2D eigenvalue weighted by Gasteiger charge is 2.22. The molecule has 0 bridgehead atoms. The van der Waals surface area contributed by atoms with Crippen molar-refractivity contribution in [2.75, 3.05) is 11.5 Å². The zero-order chi connectivity index (χ0) is 17.4. The molecule has 3 N–H and O–H groups in total. The molecule has 1 atom stereocenters. The maximum atomic E-state index is 12.1. The Labute approximate surface area is 146 Å². The van der Waals surface area contributed by atoms with Gasteiger partial charge in [0.05, 0.1) is 11.5 Å². The molecular weight excluding hydrogens is 320 g/mol. The first-order valence-corrected chi connectivity index (χ1v) is 8.98. The van der Waals surface area contributed by atoms with Crippen LogP contribution in [0.5, 0.6) is 0 Å². The summed E-state index contributed by atoms with van der Waals surface area (Å²) in [7, 11) is 0. The van der Waals surface area contributed by atoms with Crippen molar-refractivity contribution in [1.82, 2.24) is 5.32 Å². The molecule has 24 heavy (non-hydrogen) atoms. The zero-order valence-corrected chi connectivity index (χ0v) is 14.5. The van der Waals surface area contributed by atoms with Crippen molar-refractivity contribution in [3.8, 4) is 0 Å². The Balaban J connectivity index is 2.10. The number of nitrogens with two attached hydrogens (primary N) is 1. The number of benzene rings is 2. The summed E-state index contributed by atoms with van der Waals surface area (Å²) >= 11 is 1.23. The normalized spacial score (nSPS) is 11.9. The average Bonchev–Trinajstić information content (AvgIpc) is 2.56. The summed E-state index contributed by atoms with van der Waals surface area (Å²) in [5, 5.41) is 3.04. The van der Waals surface area contributed by atoms with Gasteiger partial charge in [-0.1, -0.05) is 60.7 Å². The monoisotopic (exact) mass is 342 g/mol. The molecule has 0 aliphatic carbocycles. The summed E-state index contributed by atoms with van der Waals surface area (Å²) in [6, 6.07) is 20.2. The predicted octanol–water partition coefficient (Wildman–Crippen LogP) is 2.54. The Hall–Kier alpha value is -2.27. The van der Waals surface area contributed by atoms with E-state index in [2.05, 4.69) is 29.6 Å². The van der Waals surface area contributed by atoms with Crippen molar-refractivity contribution in [2.45, 2.75) is 18.9 Å². The van der Waals surface area contributed by atoms with Crippen molar-refractivity contribution in [3.05, 3.63) is 71.8 Å². The van der Waals surface area contributed by atoms with E-state index < -0.39 is 5.91 Å². The van der Waals surface area contributed by atoms with E-state index in [4.69, 9.17) is 5.73 Å². The van der Waals surface area contributed by atoms with Crippen LogP contribution in [0.15, 0.2) is 60.7 Å². The molecule has 0 saturated heterocycles. The number of primary amides is 1. The van der Waals surface area contributed by atoms with E-state index in [1.807, 2.05) is 43.3 Å². The average molecular weight is 342 g/mol. The van der Waals surface area contributed by atoms with Gasteiger partial charge >= 0.3 is 0 Å². The Bertz CT molecular complexity index is 622. The van der Waals surface area contributed by atoms with Gasteiger partial charge in [-0.2, -0.15) is 0 Å². The lowest BCUT2D eigenvalue weighted by atomic mass is 9.86. The van der Waals surface area contributed by atoms with Gasteiger partial charge in [-0.05, 0) is 18.1 Å². The second kappa shape index (κ2) is 9.13. The lowest BCUT2D eigenvalue weighted by Gasteiger charge is -2.26. The molecule has 2 aromatic rings. The largest absolute Gasteiger partial charge is 0.369 e. The molecule has 0 saturated carbocycles. The van der Waals surface area contributed by atoms with Crippen LogP contribution in [0.25, 0.3) is 0 Å². The molecule has 0 heterocycles. The van der Waals surface area contributed by atoms with Crippen LogP contribution >= 0.6 is 11.8 Å².